The molecule has 1 rings (SSSR count). The fraction of sp³-hybridized carbons (Fsp3) is 1.00. The molecule has 0 saturated carbocycles. The van der Waals surface area contributed by atoms with Crippen LogP contribution in [0.5, 0.6) is 0 Å². The van der Waals surface area contributed by atoms with E-state index in [0.717, 1.165) is 19.7 Å². The largest absolute Gasteiger partial charge is 0.377 e. The standard InChI is InChI=1S/C9H19NOS/c1-2-12-7-3-6-11-9-4-5-10-8-9/h9-10H,2-8H2,1H3. The summed E-state index contributed by atoms with van der Waals surface area (Å²) in [7, 11) is 0. The lowest BCUT2D eigenvalue weighted by Gasteiger charge is -2.09. The average molecular weight is 189 g/mol. The van der Waals surface area contributed by atoms with Crippen LogP contribution in [0.3, 0.4) is 0 Å². The minimum absolute atomic E-state index is 0.497. The van der Waals surface area contributed by atoms with Crippen molar-refractivity contribution in [2.45, 2.75) is 25.9 Å². The molecule has 1 saturated heterocycles. The quantitative estimate of drug-likeness (QED) is 0.640. The van der Waals surface area contributed by atoms with E-state index in [4.69, 9.17) is 4.74 Å². The van der Waals surface area contributed by atoms with Crippen LogP contribution in [0.25, 0.3) is 0 Å². The summed E-state index contributed by atoms with van der Waals surface area (Å²) in [6, 6.07) is 0. The van der Waals surface area contributed by atoms with Gasteiger partial charge in [-0.3, -0.25) is 0 Å². The maximum Gasteiger partial charge on any atom is 0.0711 e. The van der Waals surface area contributed by atoms with Crippen LogP contribution in [0.4, 0.5) is 0 Å². The number of thioether (sulfide) groups is 1. The molecular weight excluding hydrogens is 170 g/mol. The summed E-state index contributed by atoms with van der Waals surface area (Å²) in [5, 5.41) is 3.29. The first-order chi connectivity index (χ1) is 5.93. The van der Waals surface area contributed by atoms with E-state index in [-0.39, 0.29) is 0 Å². The van der Waals surface area contributed by atoms with Gasteiger partial charge in [-0.15, -0.1) is 0 Å². The zero-order valence-electron chi connectivity index (χ0n) is 7.84. The Morgan fingerprint density at radius 2 is 2.50 bits per heavy atom. The molecule has 1 fully saturated rings. The summed E-state index contributed by atoms with van der Waals surface area (Å²) in [6.45, 7) is 5.33. The smallest absolute Gasteiger partial charge is 0.0711 e. The molecule has 0 aromatic rings. The lowest BCUT2D eigenvalue weighted by atomic mass is 10.3. The second-order valence-corrected chi connectivity index (χ2v) is 4.43. The first-order valence-corrected chi connectivity index (χ1v) is 5.99. The summed E-state index contributed by atoms with van der Waals surface area (Å²) in [5.74, 6) is 2.47. The van der Waals surface area contributed by atoms with Crippen LogP contribution in [0.1, 0.15) is 19.8 Å². The molecule has 72 valence electrons. The number of hydrogen-bond acceptors (Lipinski definition) is 3. The minimum atomic E-state index is 0.497. The second kappa shape index (κ2) is 6.75. The Bertz CT molecular complexity index is 105. The molecular formula is C9H19NOS. The maximum absolute atomic E-state index is 5.67. The summed E-state index contributed by atoms with van der Waals surface area (Å²) < 4.78 is 5.67. The topological polar surface area (TPSA) is 21.3 Å². The zero-order chi connectivity index (χ0) is 8.65. The van der Waals surface area contributed by atoms with Gasteiger partial charge in [0.1, 0.15) is 0 Å². The second-order valence-electron chi connectivity index (χ2n) is 3.04. The Hall–Kier alpha value is 0.270. The van der Waals surface area contributed by atoms with Gasteiger partial charge in [-0.25, -0.2) is 0 Å². The fourth-order valence-corrected chi connectivity index (χ4v) is 1.94. The van der Waals surface area contributed by atoms with Gasteiger partial charge in [0.05, 0.1) is 6.10 Å². The number of hydrogen-bond donors (Lipinski definition) is 1. The van der Waals surface area contributed by atoms with Crippen molar-refractivity contribution >= 4 is 11.8 Å². The molecule has 3 heteroatoms. The predicted molar refractivity (Wildman–Crippen MR) is 54.8 cm³/mol. The van der Waals surface area contributed by atoms with E-state index in [1.54, 1.807) is 0 Å². The van der Waals surface area contributed by atoms with Gasteiger partial charge >= 0.3 is 0 Å². The summed E-state index contributed by atoms with van der Waals surface area (Å²) in [4.78, 5) is 0. The van der Waals surface area contributed by atoms with Crippen LogP contribution >= 0.6 is 11.8 Å². The van der Waals surface area contributed by atoms with Gasteiger partial charge in [-0.1, -0.05) is 6.92 Å². The Labute approximate surface area is 79.4 Å². The molecule has 1 aliphatic heterocycles. The molecule has 2 nitrogen and oxygen atoms in total. The van der Waals surface area contributed by atoms with Crippen LogP contribution in [0.15, 0.2) is 0 Å². The minimum Gasteiger partial charge on any atom is -0.377 e. The third-order valence-corrected chi connectivity index (χ3v) is 2.99. The molecule has 0 aliphatic carbocycles. The van der Waals surface area contributed by atoms with Crippen molar-refractivity contribution in [3.8, 4) is 0 Å². The van der Waals surface area contributed by atoms with Gasteiger partial charge in [0, 0.05) is 13.2 Å². The molecule has 1 atom stereocenters. The highest BCUT2D eigenvalue weighted by atomic mass is 32.2. The Morgan fingerprint density at radius 1 is 1.58 bits per heavy atom. The van der Waals surface area contributed by atoms with Gasteiger partial charge in [0.25, 0.3) is 0 Å². The van der Waals surface area contributed by atoms with E-state index in [1.807, 2.05) is 11.8 Å². The molecule has 1 unspecified atom stereocenters. The van der Waals surface area contributed by atoms with Crippen LogP contribution < -0.4 is 5.32 Å². The van der Waals surface area contributed by atoms with Gasteiger partial charge < -0.3 is 10.1 Å². The van der Waals surface area contributed by atoms with E-state index in [9.17, 15) is 0 Å². The van der Waals surface area contributed by atoms with E-state index >= 15 is 0 Å². The summed E-state index contributed by atoms with van der Waals surface area (Å²) in [6.07, 6.45) is 2.90. The van der Waals surface area contributed by atoms with Crippen LogP contribution in [0, 0.1) is 0 Å². The SMILES string of the molecule is CCSCCCOC1CCNC1. The lowest BCUT2D eigenvalue weighted by Crippen LogP contribution is -2.17. The molecule has 1 aliphatic rings. The molecule has 0 radical (unpaired) electrons. The Balaban J connectivity index is 1.81. The molecule has 0 aromatic heterocycles. The van der Waals surface area contributed by atoms with Gasteiger partial charge in [0.15, 0.2) is 0 Å². The van der Waals surface area contributed by atoms with E-state index < -0.39 is 0 Å². The predicted octanol–water partition coefficient (Wildman–Crippen LogP) is 1.51. The monoisotopic (exact) mass is 189 g/mol. The fourth-order valence-electron chi connectivity index (χ4n) is 1.33. The Kier molecular flexibility index (Phi) is 5.82. The highest BCUT2D eigenvalue weighted by Gasteiger charge is 2.13. The van der Waals surface area contributed by atoms with Gasteiger partial charge in [0.2, 0.25) is 0 Å². The number of nitrogens with one attached hydrogen (secondary N) is 1. The number of rotatable bonds is 6. The Morgan fingerprint density at radius 3 is 3.17 bits per heavy atom. The molecule has 12 heavy (non-hydrogen) atoms. The molecule has 0 spiro atoms. The van der Waals surface area contributed by atoms with Crippen LogP contribution in [-0.4, -0.2) is 37.3 Å². The zero-order valence-corrected chi connectivity index (χ0v) is 8.66. The molecule has 0 bridgehead atoms. The lowest BCUT2D eigenvalue weighted by molar-refractivity contribution is 0.0681. The third kappa shape index (κ3) is 4.33. The highest BCUT2D eigenvalue weighted by molar-refractivity contribution is 7.99. The summed E-state index contributed by atoms with van der Waals surface area (Å²) in [5.41, 5.74) is 0. The molecule has 1 N–H and O–H groups in total. The molecule has 0 amide bonds. The van der Waals surface area contributed by atoms with Crippen molar-refractivity contribution in [3.63, 3.8) is 0 Å². The van der Waals surface area contributed by atoms with Crippen molar-refractivity contribution < 1.29 is 4.74 Å². The van der Waals surface area contributed by atoms with Crippen molar-refractivity contribution in [1.29, 1.82) is 0 Å². The van der Waals surface area contributed by atoms with E-state index in [0.29, 0.717) is 6.10 Å². The summed E-state index contributed by atoms with van der Waals surface area (Å²) >= 11 is 1.99. The van der Waals surface area contributed by atoms with Gasteiger partial charge in [-0.2, -0.15) is 11.8 Å². The first kappa shape index (κ1) is 10.4. The van der Waals surface area contributed by atoms with Crippen molar-refractivity contribution in [3.05, 3.63) is 0 Å². The average Bonchev–Trinajstić information content (AvgIpc) is 2.57. The normalized spacial score (nSPS) is 23.2. The highest BCUT2D eigenvalue weighted by Crippen LogP contribution is 2.05. The number of ether oxygens (including phenoxy) is 1. The molecule has 0 aromatic carbocycles. The van der Waals surface area contributed by atoms with Crippen molar-refractivity contribution in [1.82, 2.24) is 5.32 Å². The van der Waals surface area contributed by atoms with Crippen molar-refractivity contribution in [2.75, 3.05) is 31.2 Å². The van der Waals surface area contributed by atoms with E-state index in [2.05, 4.69) is 12.2 Å². The van der Waals surface area contributed by atoms with Crippen molar-refractivity contribution in [2.24, 2.45) is 0 Å². The van der Waals surface area contributed by atoms with Crippen LogP contribution in [-0.2, 0) is 4.74 Å². The third-order valence-electron chi connectivity index (χ3n) is 2.01. The maximum atomic E-state index is 5.67. The first-order valence-electron chi connectivity index (χ1n) is 4.83. The molecule has 1 heterocycles. The van der Waals surface area contributed by atoms with Gasteiger partial charge in [-0.05, 0) is 30.9 Å². The van der Waals surface area contributed by atoms with E-state index in [1.165, 1.54) is 24.3 Å². The van der Waals surface area contributed by atoms with Crippen LogP contribution in [0.2, 0.25) is 0 Å².